The predicted octanol–water partition coefficient (Wildman–Crippen LogP) is 3.84. The predicted molar refractivity (Wildman–Crippen MR) is 86.7 cm³/mol. The summed E-state index contributed by atoms with van der Waals surface area (Å²) in [5.74, 6) is -0.866. The number of aryl methyl sites for hydroxylation is 1. The number of rotatable bonds is 5. The molecular formula is C16H20N2O2S. The molecule has 2 rings (SSSR count). The van der Waals surface area contributed by atoms with E-state index in [1.807, 2.05) is 17.3 Å². The van der Waals surface area contributed by atoms with E-state index in [4.69, 9.17) is 0 Å². The lowest BCUT2D eigenvalue weighted by Gasteiger charge is -2.18. The molecule has 1 N–H and O–H groups in total. The molecule has 0 saturated heterocycles. The Morgan fingerprint density at radius 2 is 1.95 bits per heavy atom. The zero-order chi connectivity index (χ0) is 15.6. The lowest BCUT2D eigenvalue weighted by Crippen LogP contribution is -2.29. The molecule has 0 aliphatic heterocycles. The van der Waals surface area contributed by atoms with Crippen LogP contribution in [0.5, 0.6) is 0 Å². The maximum absolute atomic E-state index is 11.3. The molecule has 0 fully saturated rings. The molecule has 4 nitrogen and oxygen atoms in total. The quantitative estimate of drug-likeness (QED) is 0.912. The van der Waals surface area contributed by atoms with Gasteiger partial charge in [0.1, 0.15) is 5.41 Å². The minimum Gasteiger partial charge on any atom is -0.481 e. The van der Waals surface area contributed by atoms with Crippen molar-refractivity contribution >= 4 is 28.1 Å². The summed E-state index contributed by atoms with van der Waals surface area (Å²) in [6, 6.07) is 8.31. The number of carbonyl (C=O) groups is 1. The van der Waals surface area contributed by atoms with E-state index < -0.39 is 11.4 Å². The van der Waals surface area contributed by atoms with Gasteiger partial charge in [-0.2, -0.15) is 0 Å². The van der Waals surface area contributed by atoms with Gasteiger partial charge < -0.3 is 10.0 Å². The minimum absolute atomic E-state index is 0.590. The van der Waals surface area contributed by atoms with Crippen molar-refractivity contribution in [2.24, 2.45) is 0 Å². The van der Waals surface area contributed by atoms with Crippen LogP contribution in [0.3, 0.4) is 0 Å². The Bertz CT molecular complexity index is 632. The summed E-state index contributed by atoms with van der Waals surface area (Å²) in [5, 5.41) is 11.9. The van der Waals surface area contributed by atoms with Crippen molar-refractivity contribution in [2.75, 3.05) is 11.9 Å². The third-order valence-corrected chi connectivity index (χ3v) is 4.60. The zero-order valence-corrected chi connectivity index (χ0v) is 13.6. The molecule has 5 heteroatoms. The number of anilines is 2. The molecule has 2 aromatic rings. The number of hydrogen-bond donors (Lipinski definition) is 1. The minimum atomic E-state index is -0.971. The summed E-state index contributed by atoms with van der Waals surface area (Å²) in [4.78, 5) is 17.8. The zero-order valence-electron chi connectivity index (χ0n) is 12.8. The van der Waals surface area contributed by atoms with E-state index in [9.17, 15) is 9.90 Å². The monoisotopic (exact) mass is 304 g/mol. The Hall–Kier alpha value is -1.88. The van der Waals surface area contributed by atoms with Crippen LogP contribution in [0.15, 0.2) is 29.6 Å². The topological polar surface area (TPSA) is 53.4 Å². The first-order valence-electron chi connectivity index (χ1n) is 6.88. The van der Waals surface area contributed by atoms with Crippen molar-refractivity contribution in [3.8, 4) is 0 Å². The van der Waals surface area contributed by atoms with E-state index in [1.165, 1.54) is 16.9 Å². The highest BCUT2D eigenvalue weighted by Crippen LogP contribution is 2.32. The van der Waals surface area contributed by atoms with Crippen LogP contribution >= 0.6 is 11.3 Å². The molecule has 0 amide bonds. The van der Waals surface area contributed by atoms with Gasteiger partial charge in [-0.15, -0.1) is 11.3 Å². The molecule has 0 saturated carbocycles. The van der Waals surface area contributed by atoms with Crippen molar-refractivity contribution in [2.45, 2.75) is 32.6 Å². The van der Waals surface area contributed by atoms with Crippen molar-refractivity contribution < 1.29 is 9.90 Å². The number of aromatic nitrogens is 1. The van der Waals surface area contributed by atoms with E-state index in [0.717, 1.165) is 17.2 Å². The Morgan fingerprint density at radius 1 is 1.33 bits per heavy atom. The molecule has 1 heterocycles. The summed E-state index contributed by atoms with van der Waals surface area (Å²) < 4.78 is 0. The normalized spacial score (nSPS) is 11.4. The summed E-state index contributed by atoms with van der Waals surface area (Å²) in [6.07, 6.45) is 1.01. The lowest BCUT2D eigenvalue weighted by atomic mass is 9.90. The molecule has 0 bridgehead atoms. The van der Waals surface area contributed by atoms with Crippen molar-refractivity contribution in [3.05, 3.63) is 40.9 Å². The van der Waals surface area contributed by atoms with Crippen LogP contribution in [-0.2, 0) is 16.6 Å². The van der Waals surface area contributed by atoms with Crippen LogP contribution in [0.1, 0.15) is 32.0 Å². The van der Waals surface area contributed by atoms with Gasteiger partial charge in [0.05, 0.1) is 5.69 Å². The first-order chi connectivity index (χ1) is 9.86. The summed E-state index contributed by atoms with van der Waals surface area (Å²) in [5.41, 5.74) is 1.95. The molecule has 0 aliphatic carbocycles. The second-order valence-corrected chi connectivity index (χ2v) is 6.36. The highest BCUT2D eigenvalue weighted by Gasteiger charge is 2.32. The number of nitrogens with zero attached hydrogens (tertiary/aromatic N) is 2. The van der Waals surface area contributed by atoms with E-state index in [-0.39, 0.29) is 0 Å². The Labute approximate surface area is 129 Å². The summed E-state index contributed by atoms with van der Waals surface area (Å²) in [6.45, 7) is 5.47. The smallest absolute Gasteiger partial charge is 0.315 e. The average molecular weight is 304 g/mol. The number of hydrogen-bond acceptors (Lipinski definition) is 4. The van der Waals surface area contributed by atoms with Gasteiger partial charge in [-0.1, -0.05) is 19.1 Å². The van der Waals surface area contributed by atoms with Gasteiger partial charge in [0, 0.05) is 18.1 Å². The van der Waals surface area contributed by atoms with E-state index in [1.54, 1.807) is 13.8 Å². The first-order valence-corrected chi connectivity index (χ1v) is 7.76. The van der Waals surface area contributed by atoms with Gasteiger partial charge in [-0.3, -0.25) is 4.79 Å². The number of carboxylic acid groups (broad SMARTS) is 1. The van der Waals surface area contributed by atoms with Gasteiger partial charge in [-0.25, -0.2) is 4.98 Å². The van der Waals surface area contributed by atoms with Crippen LogP contribution in [0.4, 0.5) is 10.8 Å². The highest BCUT2D eigenvalue weighted by molar-refractivity contribution is 7.13. The van der Waals surface area contributed by atoms with E-state index in [0.29, 0.717) is 5.69 Å². The fourth-order valence-corrected chi connectivity index (χ4v) is 2.86. The first kappa shape index (κ1) is 15.5. The SMILES string of the molecule is CCc1ccc(N(C)c2nc(C(C)(C)C(=O)O)cs2)cc1. The molecule has 0 aliphatic rings. The van der Waals surface area contributed by atoms with Crippen LogP contribution in [-0.4, -0.2) is 23.1 Å². The number of carboxylic acids is 1. The number of benzene rings is 1. The molecular weight excluding hydrogens is 284 g/mol. The fourth-order valence-electron chi connectivity index (χ4n) is 1.88. The summed E-state index contributed by atoms with van der Waals surface area (Å²) in [7, 11) is 1.94. The second-order valence-electron chi connectivity index (χ2n) is 5.52. The molecule has 21 heavy (non-hydrogen) atoms. The second kappa shape index (κ2) is 5.85. The van der Waals surface area contributed by atoms with Crippen LogP contribution in [0.25, 0.3) is 0 Å². The van der Waals surface area contributed by atoms with Gasteiger partial charge >= 0.3 is 5.97 Å². The molecule has 1 aromatic carbocycles. The number of aliphatic carboxylic acids is 1. The molecule has 1 aromatic heterocycles. The summed E-state index contributed by atoms with van der Waals surface area (Å²) >= 11 is 1.46. The average Bonchev–Trinajstić information content (AvgIpc) is 2.97. The third kappa shape index (κ3) is 3.08. The van der Waals surface area contributed by atoms with Gasteiger partial charge in [0.2, 0.25) is 0 Å². The molecule has 0 spiro atoms. The molecule has 112 valence electrons. The highest BCUT2D eigenvalue weighted by atomic mass is 32.1. The van der Waals surface area contributed by atoms with Gasteiger partial charge in [0.15, 0.2) is 5.13 Å². The van der Waals surface area contributed by atoms with Gasteiger partial charge in [0.25, 0.3) is 0 Å². The molecule has 0 atom stereocenters. The fraction of sp³-hybridized carbons (Fsp3) is 0.375. The third-order valence-electron chi connectivity index (χ3n) is 3.69. The largest absolute Gasteiger partial charge is 0.481 e. The van der Waals surface area contributed by atoms with Crippen LogP contribution in [0.2, 0.25) is 0 Å². The Kier molecular flexibility index (Phi) is 4.32. The number of thiazole rings is 1. The Balaban J connectivity index is 2.26. The van der Waals surface area contributed by atoms with Crippen molar-refractivity contribution in [3.63, 3.8) is 0 Å². The van der Waals surface area contributed by atoms with E-state index in [2.05, 4.69) is 36.2 Å². The standard InChI is InChI=1S/C16H20N2O2S/c1-5-11-6-8-12(9-7-11)18(4)15-17-13(10-21-15)16(2,3)14(19)20/h6-10H,5H2,1-4H3,(H,19,20). The van der Waals surface area contributed by atoms with E-state index >= 15 is 0 Å². The van der Waals surface area contributed by atoms with Crippen LogP contribution in [0, 0.1) is 0 Å². The van der Waals surface area contributed by atoms with Crippen LogP contribution < -0.4 is 4.90 Å². The molecule has 0 radical (unpaired) electrons. The van der Waals surface area contributed by atoms with Gasteiger partial charge in [-0.05, 0) is 38.0 Å². The van der Waals surface area contributed by atoms with Crippen molar-refractivity contribution in [1.82, 2.24) is 4.98 Å². The van der Waals surface area contributed by atoms with Crippen molar-refractivity contribution in [1.29, 1.82) is 0 Å². The molecule has 0 unspecified atom stereocenters. The lowest BCUT2D eigenvalue weighted by molar-refractivity contribution is -0.142. The maximum atomic E-state index is 11.3. The Morgan fingerprint density at radius 3 is 2.48 bits per heavy atom. The maximum Gasteiger partial charge on any atom is 0.315 e.